The summed E-state index contributed by atoms with van der Waals surface area (Å²) >= 11 is 0. The van der Waals surface area contributed by atoms with Crippen molar-refractivity contribution < 1.29 is 9.47 Å². The lowest BCUT2D eigenvalue weighted by molar-refractivity contribution is 0.100. The van der Waals surface area contributed by atoms with Gasteiger partial charge in [0, 0.05) is 12.6 Å². The van der Waals surface area contributed by atoms with Crippen LogP contribution in [0, 0.1) is 0 Å². The maximum absolute atomic E-state index is 5.85. The van der Waals surface area contributed by atoms with E-state index in [1.165, 1.54) is 25.7 Å². The van der Waals surface area contributed by atoms with Crippen LogP contribution in [0.15, 0.2) is 30.3 Å². The zero-order chi connectivity index (χ0) is 14.0. The summed E-state index contributed by atoms with van der Waals surface area (Å²) in [5, 5.41) is 3.51. The lowest BCUT2D eigenvalue weighted by Gasteiger charge is -2.19. The summed E-state index contributed by atoms with van der Waals surface area (Å²) in [7, 11) is 0. The number of para-hydroxylation sites is 1. The van der Waals surface area contributed by atoms with E-state index in [4.69, 9.17) is 9.47 Å². The standard InChI is InChI=1S/C17H27NO2/c1-2-18-15(8-6-11-16-12-7-13-19-16)14-20-17-9-4-3-5-10-17/h3-5,9-10,15-16,18H,2,6-8,11-14H2,1H3. The minimum absolute atomic E-state index is 0.432. The first-order valence-electron chi connectivity index (χ1n) is 7.91. The van der Waals surface area contributed by atoms with Crippen molar-refractivity contribution in [1.29, 1.82) is 0 Å². The van der Waals surface area contributed by atoms with Crippen LogP contribution in [-0.4, -0.2) is 31.9 Å². The fraction of sp³-hybridized carbons (Fsp3) is 0.647. The predicted molar refractivity (Wildman–Crippen MR) is 82.2 cm³/mol. The lowest BCUT2D eigenvalue weighted by atomic mass is 10.1. The lowest BCUT2D eigenvalue weighted by Crippen LogP contribution is -2.34. The first-order chi connectivity index (χ1) is 9.88. The van der Waals surface area contributed by atoms with Crippen molar-refractivity contribution >= 4 is 0 Å². The molecule has 2 unspecified atom stereocenters. The highest BCUT2D eigenvalue weighted by atomic mass is 16.5. The van der Waals surface area contributed by atoms with E-state index >= 15 is 0 Å². The number of rotatable bonds is 9. The Bertz CT molecular complexity index is 349. The number of likely N-dealkylation sites (N-methyl/N-ethyl adjacent to an activating group) is 1. The third kappa shape index (κ3) is 5.51. The number of benzene rings is 1. The van der Waals surface area contributed by atoms with E-state index in [0.29, 0.717) is 12.1 Å². The van der Waals surface area contributed by atoms with Crippen LogP contribution in [-0.2, 0) is 4.74 Å². The summed E-state index contributed by atoms with van der Waals surface area (Å²) < 4.78 is 11.5. The Morgan fingerprint density at radius 3 is 2.90 bits per heavy atom. The van der Waals surface area contributed by atoms with Gasteiger partial charge in [0.2, 0.25) is 0 Å². The van der Waals surface area contributed by atoms with E-state index < -0.39 is 0 Å². The summed E-state index contributed by atoms with van der Waals surface area (Å²) in [4.78, 5) is 0. The molecular weight excluding hydrogens is 250 g/mol. The van der Waals surface area contributed by atoms with Gasteiger partial charge in [-0.15, -0.1) is 0 Å². The molecule has 1 N–H and O–H groups in total. The highest BCUT2D eigenvalue weighted by molar-refractivity contribution is 5.20. The fourth-order valence-corrected chi connectivity index (χ4v) is 2.71. The van der Waals surface area contributed by atoms with Gasteiger partial charge in [-0.3, -0.25) is 0 Å². The highest BCUT2D eigenvalue weighted by Crippen LogP contribution is 2.18. The van der Waals surface area contributed by atoms with Crippen molar-refractivity contribution in [3.63, 3.8) is 0 Å². The summed E-state index contributed by atoms with van der Waals surface area (Å²) in [6.07, 6.45) is 6.53. The topological polar surface area (TPSA) is 30.5 Å². The minimum Gasteiger partial charge on any atom is -0.492 e. The normalized spacial score (nSPS) is 19.9. The van der Waals surface area contributed by atoms with Crippen molar-refractivity contribution in [3.8, 4) is 5.75 Å². The van der Waals surface area contributed by atoms with E-state index in [2.05, 4.69) is 12.2 Å². The molecule has 1 fully saturated rings. The van der Waals surface area contributed by atoms with Crippen LogP contribution in [0.5, 0.6) is 5.75 Å². The Labute approximate surface area is 122 Å². The summed E-state index contributed by atoms with van der Waals surface area (Å²) in [5.74, 6) is 0.953. The van der Waals surface area contributed by atoms with Crippen molar-refractivity contribution in [2.24, 2.45) is 0 Å². The molecule has 2 atom stereocenters. The van der Waals surface area contributed by atoms with Gasteiger partial charge in [0.15, 0.2) is 0 Å². The van der Waals surface area contributed by atoms with E-state index in [1.54, 1.807) is 0 Å². The van der Waals surface area contributed by atoms with Gasteiger partial charge < -0.3 is 14.8 Å². The second-order valence-electron chi connectivity index (χ2n) is 5.44. The van der Waals surface area contributed by atoms with Gasteiger partial charge in [0.25, 0.3) is 0 Å². The largest absolute Gasteiger partial charge is 0.492 e. The van der Waals surface area contributed by atoms with Crippen LogP contribution in [0.3, 0.4) is 0 Å². The SMILES string of the molecule is CCNC(CCCC1CCCO1)COc1ccccc1. The summed E-state index contributed by atoms with van der Waals surface area (Å²) in [5.41, 5.74) is 0. The van der Waals surface area contributed by atoms with E-state index in [0.717, 1.165) is 31.9 Å². The van der Waals surface area contributed by atoms with Gasteiger partial charge in [-0.1, -0.05) is 25.1 Å². The monoisotopic (exact) mass is 277 g/mol. The molecule has 1 saturated heterocycles. The van der Waals surface area contributed by atoms with Crippen LogP contribution < -0.4 is 10.1 Å². The molecule has 0 bridgehead atoms. The zero-order valence-corrected chi connectivity index (χ0v) is 12.5. The Balaban J connectivity index is 1.66. The molecule has 1 aliphatic heterocycles. The van der Waals surface area contributed by atoms with Gasteiger partial charge >= 0.3 is 0 Å². The Morgan fingerprint density at radius 1 is 1.35 bits per heavy atom. The van der Waals surface area contributed by atoms with Gasteiger partial charge in [0.1, 0.15) is 12.4 Å². The number of ether oxygens (including phenoxy) is 2. The number of nitrogens with one attached hydrogen (secondary N) is 1. The summed E-state index contributed by atoms with van der Waals surface area (Å²) in [6, 6.07) is 10.5. The zero-order valence-electron chi connectivity index (χ0n) is 12.5. The molecule has 1 aliphatic rings. The molecule has 0 amide bonds. The second kappa shape index (κ2) is 8.98. The van der Waals surface area contributed by atoms with Crippen molar-refractivity contribution in [2.45, 2.75) is 51.2 Å². The molecule has 0 aliphatic carbocycles. The molecule has 0 radical (unpaired) electrons. The quantitative estimate of drug-likeness (QED) is 0.750. The molecule has 1 aromatic carbocycles. The first-order valence-corrected chi connectivity index (χ1v) is 7.91. The molecule has 3 heteroatoms. The molecule has 20 heavy (non-hydrogen) atoms. The smallest absolute Gasteiger partial charge is 0.119 e. The maximum atomic E-state index is 5.85. The van der Waals surface area contributed by atoms with Crippen molar-refractivity contribution in [3.05, 3.63) is 30.3 Å². The third-order valence-electron chi connectivity index (χ3n) is 3.79. The fourth-order valence-electron chi connectivity index (χ4n) is 2.71. The third-order valence-corrected chi connectivity index (χ3v) is 3.79. The number of hydrogen-bond acceptors (Lipinski definition) is 3. The molecular formula is C17H27NO2. The van der Waals surface area contributed by atoms with Crippen LogP contribution in [0.2, 0.25) is 0 Å². The van der Waals surface area contributed by atoms with Crippen molar-refractivity contribution in [2.75, 3.05) is 19.8 Å². The first kappa shape index (κ1) is 15.3. The Hall–Kier alpha value is -1.06. The molecule has 2 rings (SSSR count). The van der Waals surface area contributed by atoms with Crippen molar-refractivity contribution in [1.82, 2.24) is 5.32 Å². The van der Waals surface area contributed by atoms with Crippen LogP contribution in [0.1, 0.15) is 39.0 Å². The minimum atomic E-state index is 0.432. The van der Waals surface area contributed by atoms with Gasteiger partial charge in [-0.25, -0.2) is 0 Å². The Kier molecular flexibility index (Phi) is 6.89. The van der Waals surface area contributed by atoms with Gasteiger partial charge in [0.05, 0.1) is 6.10 Å². The van der Waals surface area contributed by atoms with E-state index in [-0.39, 0.29) is 0 Å². The molecule has 3 nitrogen and oxygen atoms in total. The predicted octanol–water partition coefficient (Wildman–Crippen LogP) is 3.39. The maximum Gasteiger partial charge on any atom is 0.119 e. The molecule has 0 aromatic heterocycles. The van der Waals surface area contributed by atoms with E-state index in [1.807, 2.05) is 30.3 Å². The average molecular weight is 277 g/mol. The van der Waals surface area contributed by atoms with E-state index in [9.17, 15) is 0 Å². The molecule has 1 heterocycles. The van der Waals surface area contributed by atoms with Gasteiger partial charge in [-0.2, -0.15) is 0 Å². The molecule has 0 spiro atoms. The average Bonchev–Trinajstić information content (AvgIpc) is 2.99. The second-order valence-corrected chi connectivity index (χ2v) is 5.44. The van der Waals surface area contributed by atoms with Crippen LogP contribution >= 0.6 is 0 Å². The van der Waals surface area contributed by atoms with Crippen LogP contribution in [0.4, 0.5) is 0 Å². The number of hydrogen-bond donors (Lipinski definition) is 1. The highest BCUT2D eigenvalue weighted by Gasteiger charge is 2.16. The Morgan fingerprint density at radius 2 is 2.20 bits per heavy atom. The molecule has 0 saturated carbocycles. The van der Waals surface area contributed by atoms with Gasteiger partial charge in [-0.05, 0) is 50.8 Å². The molecule has 1 aromatic rings. The molecule has 112 valence electrons. The summed E-state index contributed by atoms with van der Waals surface area (Å²) in [6.45, 7) is 4.83. The van der Waals surface area contributed by atoms with Crippen LogP contribution in [0.25, 0.3) is 0 Å².